The Morgan fingerprint density at radius 2 is 2.24 bits per heavy atom. The lowest BCUT2D eigenvalue weighted by atomic mass is 10.1. The maximum absolute atomic E-state index is 12.2. The zero-order chi connectivity index (χ0) is 18.1. The van der Waals surface area contributed by atoms with E-state index in [1.807, 2.05) is 27.1 Å². The quantitative estimate of drug-likeness (QED) is 0.629. The van der Waals surface area contributed by atoms with Gasteiger partial charge in [0.2, 0.25) is 0 Å². The molecule has 0 saturated heterocycles. The van der Waals surface area contributed by atoms with Gasteiger partial charge < -0.3 is 15.4 Å². The number of aryl methyl sites for hydroxylation is 3. The molecule has 1 aliphatic carbocycles. The van der Waals surface area contributed by atoms with Crippen molar-refractivity contribution in [2.24, 2.45) is 7.05 Å². The van der Waals surface area contributed by atoms with Crippen molar-refractivity contribution in [1.29, 1.82) is 0 Å². The average Bonchev–Trinajstić information content (AvgIpc) is 3.20. The van der Waals surface area contributed by atoms with Crippen LogP contribution in [0.15, 0.2) is 6.20 Å². The van der Waals surface area contributed by atoms with E-state index in [2.05, 4.69) is 15.7 Å². The summed E-state index contributed by atoms with van der Waals surface area (Å²) in [6.45, 7) is 4.01. The van der Waals surface area contributed by atoms with Gasteiger partial charge in [-0.25, -0.2) is 4.79 Å². The predicted octanol–water partition coefficient (Wildman–Crippen LogP) is 3.11. The lowest BCUT2D eigenvalue weighted by molar-refractivity contribution is 0.0601. The predicted molar refractivity (Wildman–Crippen MR) is 103 cm³/mol. The Morgan fingerprint density at radius 3 is 2.88 bits per heavy atom. The third-order valence-electron chi connectivity index (χ3n) is 4.40. The van der Waals surface area contributed by atoms with Crippen LogP contribution in [-0.4, -0.2) is 28.0 Å². The van der Waals surface area contributed by atoms with Crippen LogP contribution < -0.4 is 10.6 Å². The molecule has 134 valence electrons. The van der Waals surface area contributed by atoms with Crippen LogP contribution in [-0.2, 0) is 24.6 Å². The molecule has 6 nitrogen and oxygen atoms in total. The fourth-order valence-electron chi connectivity index (χ4n) is 3.27. The summed E-state index contributed by atoms with van der Waals surface area (Å²) in [4.78, 5) is 13.4. The molecule has 2 heterocycles. The minimum atomic E-state index is -0.305. The van der Waals surface area contributed by atoms with Crippen LogP contribution in [0.4, 0.5) is 5.00 Å². The molecule has 0 amide bonds. The van der Waals surface area contributed by atoms with E-state index in [1.54, 1.807) is 16.0 Å². The highest BCUT2D eigenvalue weighted by Gasteiger charge is 2.27. The van der Waals surface area contributed by atoms with Crippen molar-refractivity contribution in [3.05, 3.63) is 33.5 Å². The van der Waals surface area contributed by atoms with E-state index in [-0.39, 0.29) is 12.0 Å². The molecule has 1 unspecified atom stereocenters. The monoisotopic (exact) mass is 378 g/mol. The molecule has 8 heteroatoms. The van der Waals surface area contributed by atoms with Gasteiger partial charge in [-0.2, -0.15) is 5.10 Å². The second-order valence-corrected chi connectivity index (χ2v) is 7.73. The number of aromatic nitrogens is 2. The third kappa shape index (κ3) is 3.55. The molecule has 2 aromatic rings. The Kier molecular flexibility index (Phi) is 5.10. The average molecular weight is 379 g/mol. The van der Waals surface area contributed by atoms with Gasteiger partial charge in [-0.1, -0.05) is 0 Å². The first-order chi connectivity index (χ1) is 11.9. The SMILES string of the molecule is COC(=O)c1c(NC(=S)NC(C)c2cn(C)nc2C)sc2c1CCC2. The summed E-state index contributed by atoms with van der Waals surface area (Å²) in [5.74, 6) is -0.305. The number of anilines is 1. The first-order valence-electron chi connectivity index (χ1n) is 8.21. The largest absolute Gasteiger partial charge is 0.465 e. The van der Waals surface area contributed by atoms with E-state index >= 15 is 0 Å². The lowest BCUT2D eigenvalue weighted by Crippen LogP contribution is -2.31. The molecule has 0 spiro atoms. The molecule has 3 rings (SSSR count). The van der Waals surface area contributed by atoms with Crippen LogP contribution in [0.2, 0.25) is 0 Å². The Hall–Kier alpha value is -1.93. The standard InChI is InChI=1S/C17H22N4O2S2/c1-9(12-8-21(3)20-10(12)2)18-17(24)19-15-14(16(22)23-4)11-6-5-7-13(11)25-15/h8-9H,5-7H2,1-4H3,(H2,18,19,24). The minimum absolute atomic E-state index is 0.0158. The molecule has 2 aromatic heterocycles. The van der Waals surface area contributed by atoms with Crippen molar-refractivity contribution in [2.75, 3.05) is 12.4 Å². The van der Waals surface area contributed by atoms with E-state index in [0.717, 1.165) is 41.1 Å². The van der Waals surface area contributed by atoms with Gasteiger partial charge in [0.1, 0.15) is 5.00 Å². The number of carbonyl (C=O) groups excluding carboxylic acids is 1. The number of ether oxygens (including phenoxy) is 1. The Morgan fingerprint density at radius 1 is 1.48 bits per heavy atom. The van der Waals surface area contributed by atoms with Crippen molar-refractivity contribution < 1.29 is 9.53 Å². The van der Waals surface area contributed by atoms with Crippen molar-refractivity contribution in [1.82, 2.24) is 15.1 Å². The van der Waals surface area contributed by atoms with Gasteiger partial charge in [-0.3, -0.25) is 4.68 Å². The second-order valence-electron chi connectivity index (χ2n) is 6.22. The molecule has 0 saturated carbocycles. The highest BCUT2D eigenvalue weighted by molar-refractivity contribution is 7.80. The van der Waals surface area contributed by atoms with E-state index in [1.165, 1.54) is 12.0 Å². The molecule has 1 atom stereocenters. The number of nitrogens with zero attached hydrogens (tertiary/aromatic N) is 2. The van der Waals surface area contributed by atoms with Crippen molar-refractivity contribution >= 4 is 39.6 Å². The number of hydrogen-bond acceptors (Lipinski definition) is 5. The first-order valence-corrected chi connectivity index (χ1v) is 9.43. The molecular weight excluding hydrogens is 356 g/mol. The summed E-state index contributed by atoms with van der Waals surface area (Å²) >= 11 is 7.05. The molecule has 0 aromatic carbocycles. The summed E-state index contributed by atoms with van der Waals surface area (Å²) in [6, 6.07) is 0.0158. The number of thiocarbonyl (C=S) groups is 1. The molecular formula is C17H22N4O2S2. The van der Waals surface area contributed by atoms with E-state index in [4.69, 9.17) is 17.0 Å². The van der Waals surface area contributed by atoms with Crippen LogP contribution >= 0.6 is 23.6 Å². The van der Waals surface area contributed by atoms with Gasteiger partial charge in [0, 0.05) is 23.7 Å². The van der Waals surface area contributed by atoms with E-state index < -0.39 is 0 Å². The molecule has 1 aliphatic rings. The fourth-order valence-corrected chi connectivity index (χ4v) is 4.89. The number of carbonyl (C=O) groups is 1. The first kappa shape index (κ1) is 17.9. The second kappa shape index (κ2) is 7.13. The number of methoxy groups -OCH3 is 1. The maximum Gasteiger partial charge on any atom is 0.341 e. The summed E-state index contributed by atoms with van der Waals surface area (Å²) in [7, 11) is 3.31. The number of rotatable bonds is 4. The molecule has 2 N–H and O–H groups in total. The zero-order valence-corrected chi connectivity index (χ0v) is 16.4. The summed E-state index contributed by atoms with van der Waals surface area (Å²) in [5, 5.41) is 12.1. The summed E-state index contributed by atoms with van der Waals surface area (Å²) in [6.07, 6.45) is 5.00. The molecule has 0 aliphatic heterocycles. The summed E-state index contributed by atoms with van der Waals surface area (Å²) < 4.78 is 6.75. The Labute approximate surface area is 156 Å². The van der Waals surface area contributed by atoms with Crippen molar-refractivity contribution in [3.63, 3.8) is 0 Å². The van der Waals surface area contributed by atoms with Crippen molar-refractivity contribution in [3.8, 4) is 0 Å². The molecule has 0 bridgehead atoms. The number of nitrogens with one attached hydrogen (secondary N) is 2. The zero-order valence-electron chi connectivity index (χ0n) is 14.8. The van der Waals surface area contributed by atoms with Crippen LogP contribution in [0, 0.1) is 6.92 Å². The van der Waals surface area contributed by atoms with Gasteiger partial charge >= 0.3 is 5.97 Å². The number of esters is 1. The fraction of sp³-hybridized carbons (Fsp3) is 0.471. The number of fused-ring (bicyclic) bond motifs is 1. The van der Waals surface area contributed by atoms with Gasteiger partial charge in [0.15, 0.2) is 5.11 Å². The van der Waals surface area contributed by atoms with Gasteiger partial charge in [0.05, 0.1) is 24.4 Å². The van der Waals surface area contributed by atoms with Crippen LogP contribution in [0.25, 0.3) is 0 Å². The third-order valence-corrected chi connectivity index (χ3v) is 5.83. The normalized spacial score (nSPS) is 14.1. The van der Waals surface area contributed by atoms with Crippen LogP contribution in [0.3, 0.4) is 0 Å². The molecule has 0 radical (unpaired) electrons. The smallest absolute Gasteiger partial charge is 0.341 e. The molecule has 25 heavy (non-hydrogen) atoms. The van der Waals surface area contributed by atoms with Gasteiger partial charge in [-0.15, -0.1) is 11.3 Å². The van der Waals surface area contributed by atoms with Gasteiger partial charge in [0.25, 0.3) is 0 Å². The summed E-state index contributed by atoms with van der Waals surface area (Å²) in [5.41, 5.74) is 3.80. The van der Waals surface area contributed by atoms with E-state index in [0.29, 0.717) is 10.7 Å². The van der Waals surface area contributed by atoms with Crippen LogP contribution in [0.5, 0.6) is 0 Å². The Bertz CT molecular complexity index is 825. The molecule has 0 fully saturated rings. The van der Waals surface area contributed by atoms with Crippen molar-refractivity contribution in [2.45, 2.75) is 39.2 Å². The Balaban J connectivity index is 1.75. The minimum Gasteiger partial charge on any atom is -0.465 e. The number of hydrogen-bond donors (Lipinski definition) is 2. The number of thiophene rings is 1. The highest BCUT2D eigenvalue weighted by atomic mass is 32.1. The van der Waals surface area contributed by atoms with Crippen LogP contribution in [0.1, 0.15) is 51.4 Å². The lowest BCUT2D eigenvalue weighted by Gasteiger charge is -2.16. The van der Waals surface area contributed by atoms with Gasteiger partial charge in [-0.05, 0) is 50.9 Å². The maximum atomic E-state index is 12.2. The topological polar surface area (TPSA) is 68.2 Å². The van der Waals surface area contributed by atoms with E-state index in [9.17, 15) is 4.79 Å². The highest BCUT2D eigenvalue weighted by Crippen LogP contribution is 2.39.